The summed E-state index contributed by atoms with van der Waals surface area (Å²) in [6.45, 7) is 6.55. The monoisotopic (exact) mass is 387 g/mol. The summed E-state index contributed by atoms with van der Waals surface area (Å²) in [4.78, 5) is 13.9. The summed E-state index contributed by atoms with van der Waals surface area (Å²) in [5.74, 6) is 1.73. The van der Waals surface area contributed by atoms with Crippen LogP contribution < -0.4 is 10.1 Å². The molecule has 1 saturated carbocycles. The third-order valence-electron chi connectivity index (χ3n) is 6.10. The molecule has 1 aliphatic carbocycles. The molecular formula is C21H33N5O2. The van der Waals surface area contributed by atoms with E-state index >= 15 is 0 Å². The summed E-state index contributed by atoms with van der Waals surface area (Å²) < 4.78 is 11.7. The van der Waals surface area contributed by atoms with E-state index in [9.17, 15) is 0 Å². The summed E-state index contributed by atoms with van der Waals surface area (Å²) in [5, 5.41) is 3.53. The zero-order chi connectivity index (χ0) is 19.2. The van der Waals surface area contributed by atoms with Crippen molar-refractivity contribution < 1.29 is 9.47 Å². The highest BCUT2D eigenvalue weighted by atomic mass is 16.5. The molecule has 0 spiro atoms. The van der Waals surface area contributed by atoms with Crippen LogP contribution in [0.1, 0.15) is 37.7 Å². The van der Waals surface area contributed by atoms with Crippen molar-refractivity contribution in [1.82, 2.24) is 20.1 Å². The van der Waals surface area contributed by atoms with Crippen molar-refractivity contribution in [3.8, 4) is 5.88 Å². The molecule has 1 aromatic rings. The minimum absolute atomic E-state index is 0.320. The first-order valence-electron chi connectivity index (χ1n) is 10.7. The highest BCUT2D eigenvalue weighted by Crippen LogP contribution is 2.25. The van der Waals surface area contributed by atoms with E-state index in [-0.39, 0.29) is 0 Å². The van der Waals surface area contributed by atoms with Gasteiger partial charge in [-0.25, -0.2) is 4.98 Å². The number of hydrogen-bond acceptors (Lipinski definition) is 5. The first-order valence-corrected chi connectivity index (χ1v) is 10.7. The molecule has 4 rings (SSSR count). The molecule has 7 heteroatoms. The van der Waals surface area contributed by atoms with Gasteiger partial charge in [-0.1, -0.05) is 6.07 Å². The Labute approximate surface area is 168 Å². The Morgan fingerprint density at radius 3 is 2.86 bits per heavy atom. The number of rotatable bonds is 5. The van der Waals surface area contributed by atoms with Crippen LogP contribution in [0.15, 0.2) is 23.3 Å². The van der Waals surface area contributed by atoms with Crippen LogP contribution in [0.5, 0.6) is 5.88 Å². The van der Waals surface area contributed by atoms with Crippen molar-refractivity contribution in [1.29, 1.82) is 0 Å². The molecule has 3 fully saturated rings. The molecule has 0 radical (unpaired) electrons. The van der Waals surface area contributed by atoms with Gasteiger partial charge in [0.15, 0.2) is 5.96 Å². The van der Waals surface area contributed by atoms with Gasteiger partial charge in [0.2, 0.25) is 5.88 Å². The Kier molecular flexibility index (Phi) is 6.65. The minimum Gasteiger partial charge on any atom is -0.474 e. The highest BCUT2D eigenvalue weighted by Gasteiger charge is 2.30. The average Bonchev–Trinajstić information content (AvgIpc) is 3.43. The number of likely N-dealkylation sites (tertiary alicyclic amines) is 1. The lowest BCUT2D eigenvalue weighted by Gasteiger charge is -2.32. The third kappa shape index (κ3) is 4.75. The van der Waals surface area contributed by atoms with E-state index in [0.717, 1.165) is 69.6 Å². The van der Waals surface area contributed by atoms with Gasteiger partial charge in [-0.3, -0.25) is 9.89 Å². The van der Waals surface area contributed by atoms with Crippen LogP contribution in [0.3, 0.4) is 0 Å². The van der Waals surface area contributed by atoms with Crippen molar-refractivity contribution in [2.24, 2.45) is 4.99 Å². The number of guanidine groups is 1. The number of aromatic nitrogens is 1. The van der Waals surface area contributed by atoms with Gasteiger partial charge >= 0.3 is 0 Å². The number of nitrogens with zero attached hydrogens (tertiary/aromatic N) is 4. The van der Waals surface area contributed by atoms with Gasteiger partial charge in [0, 0.05) is 57.6 Å². The number of aliphatic imine (C=N–C) groups is 1. The predicted octanol–water partition coefficient (Wildman–Crippen LogP) is 1.88. The Morgan fingerprint density at radius 1 is 1.25 bits per heavy atom. The fraction of sp³-hybridized carbons (Fsp3) is 0.714. The second-order valence-corrected chi connectivity index (χ2v) is 7.93. The second kappa shape index (κ2) is 9.56. The first-order chi connectivity index (χ1) is 13.8. The molecule has 0 aromatic carbocycles. The Balaban J connectivity index is 1.32. The fourth-order valence-electron chi connectivity index (χ4n) is 4.51. The van der Waals surface area contributed by atoms with Crippen LogP contribution in [0.25, 0.3) is 0 Å². The average molecular weight is 388 g/mol. The molecule has 1 atom stereocenters. The van der Waals surface area contributed by atoms with E-state index in [1.165, 1.54) is 19.3 Å². The molecular weight excluding hydrogens is 354 g/mol. The van der Waals surface area contributed by atoms with Gasteiger partial charge < -0.3 is 19.7 Å². The molecule has 28 heavy (non-hydrogen) atoms. The van der Waals surface area contributed by atoms with Crippen molar-refractivity contribution in [2.45, 2.75) is 50.8 Å². The number of hydrogen-bond donors (Lipinski definition) is 1. The van der Waals surface area contributed by atoms with Crippen LogP contribution >= 0.6 is 0 Å². The van der Waals surface area contributed by atoms with E-state index < -0.39 is 0 Å². The SMILES string of the molecule is CN=C(NCc1cccnc1OC1CCCC1)N1CCC(N2CCOCC2)C1. The zero-order valence-electron chi connectivity index (χ0n) is 17.0. The summed E-state index contributed by atoms with van der Waals surface area (Å²) >= 11 is 0. The lowest BCUT2D eigenvalue weighted by atomic mass is 10.2. The molecule has 2 aliphatic heterocycles. The Hall–Kier alpha value is -1.86. The molecule has 1 aromatic heterocycles. The number of morpholine rings is 1. The van der Waals surface area contributed by atoms with E-state index in [1.54, 1.807) is 0 Å². The predicted molar refractivity (Wildman–Crippen MR) is 110 cm³/mol. The van der Waals surface area contributed by atoms with Gasteiger partial charge in [-0.15, -0.1) is 0 Å². The Morgan fingerprint density at radius 2 is 2.07 bits per heavy atom. The summed E-state index contributed by atoms with van der Waals surface area (Å²) in [7, 11) is 1.86. The quantitative estimate of drug-likeness (QED) is 0.615. The van der Waals surface area contributed by atoms with E-state index in [4.69, 9.17) is 9.47 Å². The summed E-state index contributed by atoms with van der Waals surface area (Å²) in [6, 6.07) is 4.67. The number of nitrogens with one attached hydrogen (secondary N) is 1. The van der Waals surface area contributed by atoms with E-state index in [2.05, 4.69) is 31.2 Å². The van der Waals surface area contributed by atoms with Crippen molar-refractivity contribution in [2.75, 3.05) is 46.4 Å². The van der Waals surface area contributed by atoms with Gasteiger partial charge in [0.05, 0.1) is 13.2 Å². The van der Waals surface area contributed by atoms with Crippen LogP contribution in [0.4, 0.5) is 0 Å². The second-order valence-electron chi connectivity index (χ2n) is 7.93. The molecule has 3 aliphatic rings. The topological polar surface area (TPSA) is 62.2 Å². The van der Waals surface area contributed by atoms with Crippen LogP contribution in [-0.2, 0) is 11.3 Å². The lowest BCUT2D eigenvalue weighted by Crippen LogP contribution is -2.46. The third-order valence-corrected chi connectivity index (χ3v) is 6.10. The standard InChI is InChI=1S/C21H33N5O2/c1-22-21(26-10-8-18(16-26)25-11-13-27-14-12-25)24-15-17-5-4-9-23-20(17)28-19-6-2-3-7-19/h4-5,9,18-19H,2-3,6-8,10-16H2,1H3,(H,22,24). The molecule has 0 amide bonds. The van der Waals surface area contributed by atoms with E-state index in [1.807, 2.05) is 19.3 Å². The lowest BCUT2D eigenvalue weighted by molar-refractivity contribution is 0.0195. The van der Waals surface area contributed by atoms with Gasteiger partial charge in [0.1, 0.15) is 6.10 Å². The molecule has 7 nitrogen and oxygen atoms in total. The molecule has 1 unspecified atom stereocenters. The normalized spacial score (nSPS) is 24.7. The van der Waals surface area contributed by atoms with E-state index in [0.29, 0.717) is 18.7 Å². The zero-order valence-corrected chi connectivity index (χ0v) is 17.0. The fourth-order valence-corrected chi connectivity index (χ4v) is 4.51. The maximum atomic E-state index is 6.17. The Bertz CT molecular complexity index is 656. The summed E-state index contributed by atoms with van der Waals surface area (Å²) in [5.41, 5.74) is 1.10. The van der Waals surface area contributed by atoms with Crippen LogP contribution in [-0.4, -0.2) is 79.3 Å². The van der Waals surface area contributed by atoms with Gasteiger partial charge in [-0.05, 0) is 38.2 Å². The van der Waals surface area contributed by atoms with Crippen molar-refractivity contribution >= 4 is 5.96 Å². The van der Waals surface area contributed by atoms with Crippen LogP contribution in [0, 0.1) is 0 Å². The van der Waals surface area contributed by atoms with Crippen molar-refractivity contribution in [3.05, 3.63) is 23.9 Å². The molecule has 2 saturated heterocycles. The molecule has 1 N–H and O–H groups in total. The van der Waals surface area contributed by atoms with Crippen molar-refractivity contribution in [3.63, 3.8) is 0 Å². The number of ether oxygens (including phenoxy) is 2. The first kappa shape index (κ1) is 19.5. The smallest absolute Gasteiger partial charge is 0.218 e. The highest BCUT2D eigenvalue weighted by molar-refractivity contribution is 5.80. The summed E-state index contributed by atoms with van der Waals surface area (Å²) in [6.07, 6.45) is 8.12. The number of pyridine rings is 1. The maximum Gasteiger partial charge on any atom is 0.218 e. The molecule has 0 bridgehead atoms. The molecule has 154 valence electrons. The minimum atomic E-state index is 0.320. The van der Waals surface area contributed by atoms with Gasteiger partial charge in [-0.2, -0.15) is 0 Å². The van der Waals surface area contributed by atoms with Gasteiger partial charge in [0.25, 0.3) is 0 Å². The molecule has 3 heterocycles. The maximum absolute atomic E-state index is 6.17. The van der Waals surface area contributed by atoms with Crippen LogP contribution in [0.2, 0.25) is 0 Å². The largest absolute Gasteiger partial charge is 0.474 e.